The van der Waals surface area contributed by atoms with Crippen molar-refractivity contribution in [1.82, 2.24) is 24.4 Å². The lowest BCUT2D eigenvalue weighted by molar-refractivity contribution is 0.182. The molecule has 1 aromatic carbocycles. The molecule has 0 bridgehead atoms. The first-order valence-corrected chi connectivity index (χ1v) is 12.4. The molecule has 4 heterocycles. The first kappa shape index (κ1) is 21.3. The minimum Gasteiger partial charge on any atom is -0.361 e. The van der Waals surface area contributed by atoms with Crippen molar-refractivity contribution in [3.63, 3.8) is 0 Å². The minimum atomic E-state index is 0.254. The maximum atomic E-state index is 5.92. The van der Waals surface area contributed by atoms with E-state index < -0.39 is 0 Å². The van der Waals surface area contributed by atoms with Gasteiger partial charge in [-0.25, -0.2) is 4.68 Å². The van der Waals surface area contributed by atoms with E-state index in [0.29, 0.717) is 6.67 Å². The van der Waals surface area contributed by atoms with Gasteiger partial charge >= 0.3 is 0 Å². The van der Waals surface area contributed by atoms with E-state index in [9.17, 15) is 0 Å². The molecule has 3 aromatic heterocycles. The number of hydrogen-bond acceptors (Lipinski definition) is 6. The van der Waals surface area contributed by atoms with Crippen molar-refractivity contribution in [2.45, 2.75) is 51.9 Å². The van der Waals surface area contributed by atoms with Crippen LogP contribution in [0.1, 0.15) is 46.6 Å². The average Bonchev–Trinajstić information content (AvgIpc) is 3.59. The SMILES string of the molecule is Cc1cc([C@H]2CCCN2Cn2nc(Cc3cccs3)n(CCc3ccccc3)c2=S)no1. The molecule has 0 saturated carbocycles. The van der Waals surface area contributed by atoms with Gasteiger partial charge in [0, 0.05) is 30.5 Å². The largest absolute Gasteiger partial charge is 0.361 e. The van der Waals surface area contributed by atoms with Crippen LogP contribution in [0.3, 0.4) is 0 Å². The summed E-state index contributed by atoms with van der Waals surface area (Å²) in [5, 5.41) is 11.4. The minimum absolute atomic E-state index is 0.254. The predicted molar refractivity (Wildman–Crippen MR) is 128 cm³/mol. The molecule has 0 amide bonds. The van der Waals surface area contributed by atoms with E-state index in [4.69, 9.17) is 21.8 Å². The number of benzene rings is 1. The lowest BCUT2D eigenvalue weighted by Crippen LogP contribution is -2.27. The second-order valence-electron chi connectivity index (χ2n) is 8.32. The molecular weight excluding hydrogens is 438 g/mol. The van der Waals surface area contributed by atoms with Gasteiger partial charge in [-0.15, -0.1) is 11.3 Å². The van der Waals surface area contributed by atoms with Crippen LogP contribution in [0.5, 0.6) is 0 Å². The fourth-order valence-corrected chi connectivity index (χ4v) is 5.43. The summed E-state index contributed by atoms with van der Waals surface area (Å²) in [5.41, 5.74) is 2.32. The zero-order valence-electron chi connectivity index (χ0n) is 18.2. The van der Waals surface area contributed by atoms with Crippen LogP contribution >= 0.6 is 23.6 Å². The molecule has 0 aliphatic carbocycles. The van der Waals surface area contributed by atoms with E-state index in [-0.39, 0.29) is 6.04 Å². The monoisotopic (exact) mass is 465 g/mol. The highest BCUT2D eigenvalue weighted by atomic mass is 32.1. The summed E-state index contributed by atoms with van der Waals surface area (Å²) in [7, 11) is 0. The Balaban J connectivity index is 1.40. The molecule has 1 aliphatic rings. The molecule has 1 aliphatic heterocycles. The van der Waals surface area contributed by atoms with Gasteiger partial charge in [0.2, 0.25) is 0 Å². The summed E-state index contributed by atoms with van der Waals surface area (Å²) in [6.07, 6.45) is 3.95. The summed E-state index contributed by atoms with van der Waals surface area (Å²) < 4.78 is 10.3. The van der Waals surface area contributed by atoms with Crippen LogP contribution in [-0.4, -0.2) is 30.9 Å². The van der Waals surface area contributed by atoms with Crippen LogP contribution < -0.4 is 0 Å². The van der Waals surface area contributed by atoms with Gasteiger partial charge < -0.3 is 9.09 Å². The molecule has 4 aromatic rings. The van der Waals surface area contributed by atoms with Gasteiger partial charge in [0.05, 0.1) is 12.7 Å². The van der Waals surface area contributed by atoms with Crippen molar-refractivity contribution in [2.75, 3.05) is 6.54 Å². The standard InChI is InChI=1S/C24H27N5OS2/c1-18-15-21(26-30-18)22-10-5-12-27(22)17-29-24(31)28(13-11-19-7-3-2-4-8-19)23(25-29)16-20-9-6-14-32-20/h2-4,6-9,14-15,22H,5,10-13,16-17H2,1H3/t22-/m1/s1. The zero-order valence-corrected chi connectivity index (χ0v) is 19.8. The summed E-state index contributed by atoms with van der Waals surface area (Å²) >= 11 is 7.69. The molecule has 0 N–H and O–H groups in total. The molecule has 1 saturated heterocycles. The topological polar surface area (TPSA) is 52.0 Å². The molecule has 6 nitrogen and oxygen atoms in total. The summed E-state index contributed by atoms with van der Waals surface area (Å²) in [6, 6.07) is 17.1. The number of hydrogen-bond donors (Lipinski definition) is 0. The molecular formula is C24H27N5OS2. The quantitative estimate of drug-likeness (QED) is 0.326. The summed E-state index contributed by atoms with van der Waals surface area (Å²) in [6.45, 7) is 4.45. The van der Waals surface area contributed by atoms with Gasteiger partial charge in [0.15, 0.2) is 4.77 Å². The Morgan fingerprint density at radius 1 is 1.19 bits per heavy atom. The fourth-order valence-electron chi connectivity index (χ4n) is 4.43. The third kappa shape index (κ3) is 4.62. The van der Waals surface area contributed by atoms with Gasteiger partial charge in [-0.1, -0.05) is 41.6 Å². The van der Waals surface area contributed by atoms with Crippen molar-refractivity contribution in [2.24, 2.45) is 0 Å². The second kappa shape index (κ2) is 9.52. The maximum absolute atomic E-state index is 5.92. The third-order valence-electron chi connectivity index (χ3n) is 6.05. The summed E-state index contributed by atoms with van der Waals surface area (Å²) in [4.78, 5) is 3.71. The summed E-state index contributed by atoms with van der Waals surface area (Å²) in [5.74, 6) is 1.88. The third-order valence-corrected chi connectivity index (χ3v) is 7.35. The Morgan fingerprint density at radius 3 is 2.81 bits per heavy atom. The van der Waals surface area contributed by atoms with E-state index in [1.165, 1.54) is 10.4 Å². The van der Waals surface area contributed by atoms with Gasteiger partial charge in [-0.3, -0.25) is 4.90 Å². The molecule has 1 fully saturated rings. The van der Waals surface area contributed by atoms with E-state index in [1.54, 1.807) is 11.3 Å². The Bertz CT molecular complexity index is 1210. The van der Waals surface area contributed by atoms with E-state index in [2.05, 4.69) is 62.5 Å². The number of likely N-dealkylation sites (tertiary alicyclic amines) is 1. The zero-order chi connectivity index (χ0) is 21.9. The smallest absolute Gasteiger partial charge is 0.199 e. The Kier molecular flexibility index (Phi) is 6.34. The van der Waals surface area contributed by atoms with Gasteiger partial charge in [-0.2, -0.15) is 5.10 Å². The molecule has 0 spiro atoms. The molecule has 0 radical (unpaired) electrons. The predicted octanol–water partition coefficient (Wildman–Crippen LogP) is 5.40. The molecule has 32 heavy (non-hydrogen) atoms. The molecule has 1 atom stereocenters. The molecule has 8 heteroatoms. The Hall–Kier alpha value is -2.55. The highest BCUT2D eigenvalue weighted by Crippen LogP contribution is 2.32. The number of thiophene rings is 1. The highest BCUT2D eigenvalue weighted by molar-refractivity contribution is 7.71. The molecule has 5 rings (SSSR count). The first-order chi connectivity index (χ1) is 15.7. The van der Waals surface area contributed by atoms with Crippen molar-refractivity contribution in [3.8, 4) is 0 Å². The van der Waals surface area contributed by atoms with Crippen LogP contribution in [0.4, 0.5) is 0 Å². The maximum Gasteiger partial charge on any atom is 0.199 e. The van der Waals surface area contributed by atoms with Crippen molar-refractivity contribution in [1.29, 1.82) is 0 Å². The second-order valence-corrected chi connectivity index (χ2v) is 9.71. The number of nitrogens with zero attached hydrogens (tertiary/aromatic N) is 5. The van der Waals surface area contributed by atoms with Crippen LogP contribution in [0, 0.1) is 11.7 Å². The van der Waals surface area contributed by atoms with Crippen molar-refractivity contribution < 1.29 is 4.52 Å². The van der Waals surface area contributed by atoms with Crippen LogP contribution in [0.15, 0.2) is 58.4 Å². The fraction of sp³-hybridized carbons (Fsp3) is 0.375. The lowest BCUT2D eigenvalue weighted by atomic mass is 10.1. The van der Waals surface area contributed by atoms with Gasteiger partial charge in [0.25, 0.3) is 0 Å². The van der Waals surface area contributed by atoms with E-state index >= 15 is 0 Å². The Labute approximate surface area is 197 Å². The van der Waals surface area contributed by atoms with Crippen LogP contribution in [-0.2, 0) is 26.1 Å². The highest BCUT2D eigenvalue weighted by Gasteiger charge is 2.29. The lowest BCUT2D eigenvalue weighted by Gasteiger charge is -2.22. The van der Waals surface area contributed by atoms with E-state index in [1.807, 2.05) is 17.7 Å². The number of aromatic nitrogens is 4. The van der Waals surface area contributed by atoms with Gasteiger partial charge in [-0.05, 0) is 55.4 Å². The molecule has 166 valence electrons. The van der Waals surface area contributed by atoms with Crippen molar-refractivity contribution in [3.05, 3.63) is 86.4 Å². The normalized spacial score (nSPS) is 16.7. The average molecular weight is 466 g/mol. The number of aryl methyl sites for hydroxylation is 2. The number of rotatable bonds is 8. The van der Waals surface area contributed by atoms with Gasteiger partial charge in [0.1, 0.15) is 17.3 Å². The van der Waals surface area contributed by atoms with Crippen LogP contribution in [0.25, 0.3) is 0 Å². The van der Waals surface area contributed by atoms with E-state index in [0.717, 1.165) is 60.8 Å². The van der Waals surface area contributed by atoms with Crippen molar-refractivity contribution >= 4 is 23.6 Å². The first-order valence-electron chi connectivity index (χ1n) is 11.1. The Morgan fingerprint density at radius 2 is 2.06 bits per heavy atom. The van der Waals surface area contributed by atoms with Crippen LogP contribution in [0.2, 0.25) is 0 Å². The molecule has 0 unspecified atom stereocenters.